The Morgan fingerprint density at radius 1 is 1.24 bits per heavy atom. The quantitative estimate of drug-likeness (QED) is 0.901. The first kappa shape index (κ1) is 16.1. The second-order valence-corrected chi connectivity index (χ2v) is 8.25. The normalized spacial score (nSPS) is 16.0. The molecular weight excluding hydrogens is 340 g/mol. The first-order valence-corrected chi connectivity index (χ1v) is 9.84. The molecule has 1 aliphatic heterocycles. The number of anilines is 2. The number of hydrogen-bond acceptors (Lipinski definition) is 4. The fourth-order valence-corrected chi connectivity index (χ4v) is 4.88. The van der Waals surface area contributed by atoms with Gasteiger partial charge in [-0.1, -0.05) is 0 Å². The minimum atomic E-state index is -3.70. The molecular formula is C17H20N4O3S. The number of hydrogen-bond donors (Lipinski definition) is 1. The molecule has 0 bridgehead atoms. The number of sulfonamides is 1. The van der Waals surface area contributed by atoms with Crippen molar-refractivity contribution in [3.63, 3.8) is 0 Å². The zero-order valence-corrected chi connectivity index (χ0v) is 15.1. The molecule has 0 unspecified atom stereocenters. The van der Waals surface area contributed by atoms with Crippen LogP contribution in [0.1, 0.15) is 30.2 Å². The van der Waals surface area contributed by atoms with Gasteiger partial charge in [-0.2, -0.15) is 5.10 Å². The Morgan fingerprint density at radius 2 is 2.04 bits per heavy atom. The average molecular weight is 360 g/mol. The van der Waals surface area contributed by atoms with Crippen molar-refractivity contribution in [3.05, 3.63) is 35.0 Å². The number of rotatable bonds is 3. The van der Waals surface area contributed by atoms with E-state index in [4.69, 9.17) is 0 Å². The highest BCUT2D eigenvalue weighted by Gasteiger charge is 2.27. The summed E-state index contributed by atoms with van der Waals surface area (Å²) in [7, 11) is -1.95. The molecule has 2 heterocycles. The molecule has 2 aliphatic rings. The molecule has 0 radical (unpaired) electrons. The van der Waals surface area contributed by atoms with Crippen LogP contribution >= 0.6 is 0 Å². The van der Waals surface area contributed by atoms with E-state index in [0.717, 1.165) is 41.8 Å². The zero-order valence-electron chi connectivity index (χ0n) is 14.2. The molecule has 7 nitrogen and oxygen atoms in total. The standard InChI is InChI=1S/C17H20N4O3S/c1-11(22)21-9-8-12-10-13(6-7-16(12)21)25(23,24)19-17-14-4-3-5-15(14)18-20(17)2/h6-7,10,19H,3-5,8-9H2,1-2H3. The summed E-state index contributed by atoms with van der Waals surface area (Å²) in [6.07, 6.45) is 3.41. The number of nitrogens with one attached hydrogen (secondary N) is 1. The summed E-state index contributed by atoms with van der Waals surface area (Å²) in [5, 5.41) is 4.40. The van der Waals surface area contributed by atoms with Crippen molar-refractivity contribution in [1.82, 2.24) is 9.78 Å². The maximum atomic E-state index is 12.8. The van der Waals surface area contributed by atoms with Gasteiger partial charge in [0.2, 0.25) is 5.91 Å². The van der Waals surface area contributed by atoms with Gasteiger partial charge in [0.15, 0.2) is 0 Å². The zero-order chi connectivity index (χ0) is 17.8. The van der Waals surface area contributed by atoms with Crippen LogP contribution in [0.5, 0.6) is 0 Å². The molecule has 132 valence electrons. The summed E-state index contributed by atoms with van der Waals surface area (Å²) < 4.78 is 30.0. The van der Waals surface area contributed by atoms with Crippen molar-refractivity contribution in [1.29, 1.82) is 0 Å². The molecule has 25 heavy (non-hydrogen) atoms. The first-order chi connectivity index (χ1) is 11.9. The van der Waals surface area contributed by atoms with Crippen LogP contribution in [-0.2, 0) is 41.1 Å². The summed E-state index contributed by atoms with van der Waals surface area (Å²) in [6, 6.07) is 4.93. The molecule has 0 spiro atoms. The smallest absolute Gasteiger partial charge is 0.263 e. The number of amides is 1. The fourth-order valence-electron chi connectivity index (χ4n) is 3.71. The van der Waals surface area contributed by atoms with E-state index in [0.29, 0.717) is 18.8 Å². The van der Waals surface area contributed by atoms with Crippen LogP contribution in [0.15, 0.2) is 23.1 Å². The number of nitrogens with zero attached hydrogens (tertiary/aromatic N) is 3. The van der Waals surface area contributed by atoms with Gasteiger partial charge in [-0.15, -0.1) is 0 Å². The van der Waals surface area contributed by atoms with Crippen molar-refractivity contribution < 1.29 is 13.2 Å². The van der Waals surface area contributed by atoms with Crippen molar-refractivity contribution >= 4 is 27.4 Å². The maximum absolute atomic E-state index is 12.8. The Kier molecular flexibility index (Phi) is 3.61. The van der Waals surface area contributed by atoms with Gasteiger partial charge in [-0.25, -0.2) is 8.42 Å². The molecule has 1 aromatic heterocycles. The molecule has 0 saturated heterocycles. The number of aromatic nitrogens is 2. The van der Waals surface area contributed by atoms with Gasteiger partial charge in [0.1, 0.15) is 5.82 Å². The van der Waals surface area contributed by atoms with Crippen LogP contribution in [0.25, 0.3) is 0 Å². The van der Waals surface area contributed by atoms with E-state index in [-0.39, 0.29) is 10.8 Å². The lowest BCUT2D eigenvalue weighted by Gasteiger charge is -2.15. The Morgan fingerprint density at radius 3 is 2.80 bits per heavy atom. The van der Waals surface area contributed by atoms with Crippen molar-refractivity contribution in [3.8, 4) is 0 Å². The lowest BCUT2D eigenvalue weighted by atomic mass is 10.2. The first-order valence-electron chi connectivity index (χ1n) is 8.35. The van der Waals surface area contributed by atoms with E-state index >= 15 is 0 Å². The number of carbonyl (C=O) groups is 1. The van der Waals surface area contributed by atoms with E-state index < -0.39 is 10.0 Å². The average Bonchev–Trinajstić information content (AvgIpc) is 3.23. The number of fused-ring (bicyclic) bond motifs is 2. The van der Waals surface area contributed by atoms with Crippen LogP contribution in [0.2, 0.25) is 0 Å². The van der Waals surface area contributed by atoms with Crippen LogP contribution in [-0.4, -0.2) is 30.7 Å². The van der Waals surface area contributed by atoms with Crippen LogP contribution < -0.4 is 9.62 Å². The minimum absolute atomic E-state index is 0.0297. The van der Waals surface area contributed by atoms with Crippen LogP contribution in [0.4, 0.5) is 11.5 Å². The van der Waals surface area contributed by atoms with Crippen molar-refractivity contribution in [2.24, 2.45) is 7.05 Å². The van der Waals surface area contributed by atoms with E-state index in [9.17, 15) is 13.2 Å². The number of benzene rings is 1. The second-order valence-electron chi connectivity index (χ2n) is 6.57. The third-order valence-electron chi connectivity index (χ3n) is 4.94. The Labute approximate surface area is 146 Å². The predicted molar refractivity (Wildman–Crippen MR) is 94.2 cm³/mol. The van der Waals surface area contributed by atoms with E-state index in [1.165, 1.54) is 6.92 Å². The topological polar surface area (TPSA) is 84.3 Å². The van der Waals surface area contributed by atoms with Gasteiger partial charge in [-0.3, -0.25) is 14.2 Å². The molecule has 1 aromatic carbocycles. The molecule has 1 aliphatic carbocycles. The molecule has 0 saturated carbocycles. The SMILES string of the molecule is CC(=O)N1CCc2cc(S(=O)(=O)Nc3c4c(nn3C)CCC4)ccc21. The lowest BCUT2D eigenvalue weighted by molar-refractivity contribution is -0.116. The lowest BCUT2D eigenvalue weighted by Crippen LogP contribution is -2.25. The highest BCUT2D eigenvalue weighted by Crippen LogP contribution is 2.32. The monoisotopic (exact) mass is 360 g/mol. The molecule has 0 fully saturated rings. The number of carbonyl (C=O) groups excluding carboxylic acids is 1. The Balaban J connectivity index is 1.67. The van der Waals surface area contributed by atoms with Gasteiger partial charge >= 0.3 is 0 Å². The van der Waals surface area contributed by atoms with Crippen LogP contribution in [0.3, 0.4) is 0 Å². The minimum Gasteiger partial charge on any atom is -0.312 e. The van der Waals surface area contributed by atoms with Crippen LogP contribution in [0, 0.1) is 0 Å². The second kappa shape index (κ2) is 5.59. The van der Waals surface area contributed by atoms with Crippen molar-refractivity contribution in [2.45, 2.75) is 37.5 Å². The highest BCUT2D eigenvalue weighted by molar-refractivity contribution is 7.92. The predicted octanol–water partition coefficient (Wildman–Crippen LogP) is 1.62. The third kappa shape index (κ3) is 2.60. The largest absolute Gasteiger partial charge is 0.312 e. The van der Waals surface area contributed by atoms with Crippen molar-refractivity contribution in [2.75, 3.05) is 16.2 Å². The molecule has 0 atom stereocenters. The van der Waals surface area contributed by atoms with Gasteiger partial charge in [0.25, 0.3) is 10.0 Å². The molecule has 1 N–H and O–H groups in total. The molecule has 4 rings (SSSR count). The molecule has 1 amide bonds. The maximum Gasteiger partial charge on any atom is 0.263 e. The summed E-state index contributed by atoms with van der Waals surface area (Å²) >= 11 is 0. The summed E-state index contributed by atoms with van der Waals surface area (Å²) in [4.78, 5) is 13.5. The van der Waals surface area contributed by atoms with E-state index in [1.54, 1.807) is 34.8 Å². The summed E-state index contributed by atoms with van der Waals surface area (Å²) in [6.45, 7) is 2.11. The Bertz CT molecular complexity index is 978. The summed E-state index contributed by atoms with van der Waals surface area (Å²) in [5.74, 6) is 0.524. The van der Waals surface area contributed by atoms with Gasteiger partial charge in [0.05, 0.1) is 10.6 Å². The van der Waals surface area contributed by atoms with Gasteiger partial charge in [-0.05, 0) is 49.4 Å². The molecule has 8 heteroatoms. The van der Waals surface area contributed by atoms with E-state index in [2.05, 4.69) is 9.82 Å². The third-order valence-corrected chi connectivity index (χ3v) is 6.27. The summed E-state index contributed by atoms with van der Waals surface area (Å²) in [5.41, 5.74) is 3.66. The highest BCUT2D eigenvalue weighted by atomic mass is 32.2. The Hall–Kier alpha value is -2.35. The molecule has 2 aromatic rings. The fraction of sp³-hybridized carbons (Fsp3) is 0.412. The van der Waals surface area contributed by atoms with E-state index in [1.807, 2.05) is 0 Å². The number of aryl methyl sites for hydroxylation is 2. The van der Waals surface area contributed by atoms with Gasteiger partial charge in [0, 0.05) is 31.8 Å². The van der Waals surface area contributed by atoms with Gasteiger partial charge < -0.3 is 4.90 Å².